The standard InChI is InChI=1S/C44H53Cl3N2O9/c1-6-23-25(42(55)56)19-43(5)17-11-9-8-10-12-22-14-15-24-26(44(22,7-2)39(53)30-36(51)29(23)31(43)37(30)52)16-13-20(3)38(24)58-28-18-27(50)34(21(4)57-28)49-41(54)35-32(45)33(46)40(47)48-35/h8,10-11,14-15,17,19-24,26-29,31,34,38,48,50,53H,6-7,9,12-13,16,18H2,1-5H3,(H,49,54)(H,55,56)/b10-8+,17-11+,39-30?/t20-,21?,22+,23+,24-,26+,27?,28?,29?,31?,34?,38-,43-,44+/m0/s1. The number of rotatable bonds is 7. The van der Waals surface area contributed by atoms with Gasteiger partial charge in [-0.1, -0.05) is 105 Å². The molecule has 14 heteroatoms. The van der Waals surface area contributed by atoms with Gasteiger partial charge in [-0.25, -0.2) is 4.79 Å². The molecule has 5 N–H and O–H groups in total. The van der Waals surface area contributed by atoms with Gasteiger partial charge in [0.05, 0.1) is 40.0 Å². The predicted octanol–water partition coefficient (Wildman–Crippen LogP) is 8.36. The highest BCUT2D eigenvalue weighted by molar-refractivity contribution is 6.49. The molecule has 58 heavy (non-hydrogen) atoms. The number of carbonyl (C=O) groups is 4. The van der Waals surface area contributed by atoms with Crippen molar-refractivity contribution in [1.82, 2.24) is 10.3 Å². The molecule has 2 bridgehead atoms. The minimum absolute atomic E-state index is 0.0209. The van der Waals surface area contributed by atoms with Gasteiger partial charge in [0.15, 0.2) is 17.9 Å². The maximum absolute atomic E-state index is 14.8. The molecule has 314 valence electrons. The lowest BCUT2D eigenvalue weighted by Crippen LogP contribution is -2.58. The summed E-state index contributed by atoms with van der Waals surface area (Å²) in [5.41, 5.74) is -2.14. The van der Waals surface area contributed by atoms with Crippen LogP contribution in [0.2, 0.25) is 15.2 Å². The molecule has 1 saturated heterocycles. The summed E-state index contributed by atoms with van der Waals surface area (Å²) in [6.07, 6.45) is 14.3. The first-order valence-corrected chi connectivity index (χ1v) is 21.6. The lowest BCUT2D eigenvalue weighted by molar-refractivity contribution is -0.258. The number of aliphatic carboxylic acids is 1. The number of H-pyrrole nitrogens is 1. The summed E-state index contributed by atoms with van der Waals surface area (Å²) in [4.78, 5) is 58.0. The van der Waals surface area contributed by atoms with Crippen LogP contribution in [0.1, 0.15) is 90.1 Å². The van der Waals surface area contributed by atoms with Crippen LogP contribution in [0.5, 0.6) is 0 Å². The molecule has 3 fully saturated rings. The number of Topliss-reactive ketones (excluding diaryl/α,β-unsaturated/α-hetero) is 2. The summed E-state index contributed by atoms with van der Waals surface area (Å²) in [5, 5.41) is 37.3. The quantitative estimate of drug-likeness (QED) is 0.133. The van der Waals surface area contributed by atoms with Crippen LogP contribution in [-0.4, -0.2) is 74.4 Å². The van der Waals surface area contributed by atoms with Crippen LogP contribution in [0, 0.1) is 52.3 Å². The number of aliphatic hydroxyl groups is 2. The van der Waals surface area contributed by atoms with Crippen LogP contribution in [0.3, 0.4) is 0 Å². The van der Waals surface area contributed by atoms with E-state index in [9.17, 15) is 34.5 Å². The van der Waals surface area contributed by atoms with E-state index in [2.05, 4.69) is 41.5 Å². The van der Waals surface area contributed by atoms with Gasteiger partial charge in [0.2, 0.25) is 0 Å². The third kappa shape index (κ3) is 6.95. The average Bonchev–Trinajstić information content (AvgIpc) is 3.60. The van der Waals surface area contributed by atoms with Gasteiger partial charge in [-0.2, -0.15) is 0 Å². The number of ketones is 2. The first kappa shape index (κ1) is 42.9. The molecule has 0 spiro atoms. The van der Waals surface area contributed by atoms with Crippen molar-refractivity contribution in [2.75, 3.05) is 0 Å². The Kier molecular flexibility index (Phi) is 12.1. The maximum atomic E-state index is 14.8. The number of aromatic nitrogens is 1. The molecule has 11 nitrogen and oxygen atoms in total. The zero-order valence-electron chi connectivity index (χ0n) is 33.3. The second-order valence-electron chi connectivity index (χ2n) is 17.3. The summed E-state index contributed by atoms with van der Waals surface area (Å²) in [5.74, 6) is -5.92. The van der Waals surface area contributed by atoms with Crippen molar-refractivity contribution in [3.05, 3.63) is 80.3 Å². The third-order valence-corrected chi connectivity index (χ3v) is 15.5. The third-order valence-electron chi connectivity index (χ3n) is 14.3. The number of hydrogen-bond acceptors (Lipinski definition) is 8. The zero-order valence-corrected chi connectivity index (χ0v) is 35.6. The maximum Gasteiger partial charge on any atom is 0.331 e. The topological polar surface area (TPSA) is 175 Å². The van der Waals surface area contributed by atoms with Gasteiger partial charge in [0, 0.05) is 46.5 Å². The van der Waals surface area contributed by atoms with E-state index < -0.39 is 82.7 Å². The molecular weight excluding hydrogens is 807 g/mol. The van der Waals surface area contributed by atoms with Gasteiger partial charge >= 0.3 is 5.97 Å². The van der Waals surface area contributed by atoms with E-state index in [1.54, 1.807) is 13.0 Å². The number of allylic oxidation sites excluding steroid dienone is 8. The van der Waals surface area contributed by atoms with Crippen LogP contribution in [0.25, 0.3) is 0 Å². The Bertz CT molecular complexity index is 2010. The summed E-state index contributed by atoms with van der Waals surface area (Å²) >= 11 is 18.3. The van der Waals surface area contributed by atoms with Crippen molar-refractivity contribution in [3.8, 4) is 0 Å². The van der Waals surface area contributed by atoms with Gasteiger partial charge in [-0.15, -0.1) is 0 Å². The van der Waals surface area contributed by atoms with E-state index >= 15 is 0 Å². The average molecular weight is 860 g/mol. The van der Waals surface area contributed by atoms with E-state index in [0.29, 0.717) is 32.1 Å². The number of nitrogens with one attached hydrogen (secondary N) is 2. The number of carboxylic acid groups (broad SMARTS) is 1. The predicted molar refractivity (Wildman–Crippen MR) is 219 cm³/mol. The van der Waals surface area contributed by atoms with Crippen molar-refractivity contribution < 1.29 is 44.0 Å². The van der Waals surface area contributed by atoms with Crippen molar-refractivity contribution in [2.24, 2.45) is 52.3 Å². The monoisotopic (exact) mass is 858 g/mol. The number of aromatic amines is 1. The highest BCUT2D eigenvalue weighted by atomic mass is 35.5. The molecule has 7 rings (SSSR count). The molecule has 6 aliphatic rings. The molecule has 6 unspecified atom stereocenters. The number of hydrogen-bond donors (Lipinski definition) is 5. The number of ether oxygens (including phenoxy) is 2. The van der Waals surface area contributed by atoms with Crippen LogP contribution in [0.4, 0.5) is 0 Å². The van der Waals surface area contributed by atoms with E-state index in [-0.39, 0.29) is 67.9 Å². The minimum Gasteiger partial charge on any atom is -0.511 e. The van der Waals surface area contributed by atoms with Gasteiger partial charge in [0.1, 0.15) is 16.6 Å². The van der Waals surface area contributed by atoms with Gasteiger partial charge in [-0.05, 0) is 63.2 Å². The normalized spacial score (nSPS) is 41.0. The molecule has 1 aromatic heterocycles. The van der Waals surface area contributed by atoms with Crippen LogP contribution in [-0.2, 0) is 23.9 Å². The molecular formula is C44H53Cl3N2O9. The molecule has 1 aromatic rings. The Balaban J connectivity index is 1.21. The first-order chi connectivity index (χ1) is 27.5. The second-order valence-corrected chi connectivity index (χ2v) is 18.5. The number of carboxylic acids is 1. The molecule has 1 amide bonds. The first-order valence-electron chi connectivity index (χ1n) is 20.5. The SMILES string of the molecule is CC[C@@H]1C(C(=O)O)=C[C@]2(C)/C=C/C/C=C/C[C@@H]3C=C[C@@H]4[C@@H](OC5CC(O)C(NC(=O)c6[nH]c(Cl)c(Cl)c6Cl)C(C)O5)[C@@H](C)CC[C@H]4[C@]3(CC)C(O)=C3C(=O)C1C2C3=O. The summed E-state index contributed by atoms with van der Waals surface area (Å²) < 4.78 is 13.1. The number of amides is 1. The van der Waals surface area contributed by atoms with Crippen molar-refractivity contribution in [1.29, 1.82) is 0 Å². The number of carbonyl (C=O) groups excluding carboxylic acids is 3. The summed E-state index contributed by atoms with van der Waals surface area (Å²) in [6.45, 7) is 9.49. The molecule has 14 atom stereocenters. The molecule has 0 aromatic carbocycles. The molecule has 5 aliphatic carbocycles. The van der Waals surface area contributed by atoms with E-state index in [1.165, 1.54) is 0 Å². The fraction of sp³-hybridized carbons (Fsp3) is 0.591. The van der Waals surface area contributed by atoms with E-state index in [1.807, 2.05) is 32.9 Å². The van der Waals surface area contributed by atoms with Crippen LogP contribution in [0.15, 0.2) is 59.4 Å². The zero-order chi connectivity index (χ0) is 42.0. The molecule has 2 saturated carbocycles. The largest absolute Gasteiger partial charge is 0.511 e. The number of fused-ring (bicyclic) bond motifs is 4. The Morgan fingerprint density at radius 2 is 1.79 bits per heavy atom. The van der Waals surface area contributed by atoms with Gasteiger partial charge in [-0.3, -0.25) is 14.4 Å². The highest BCUT2D eigenvalue weighted by Gasteiger charge is 2.63. The van der Waals surface area contributed by atoms with Crippen molar-refractivity contribution >= 4 is 58.2 Å². The Labute approximate surface area is 353 Å². The fourth-order valence-corrected chi connectivity index (χ4v) is 12.1. The van der Waals surface area contributed by atoms with Gasteiger partial charge < -0.3 is 35.1 Å². The molecule has 1 aliphatic heterocycles. The smallest absolute Gasteiger partial charge is 0.331 e. The Hall–Kier alpha value is -3.19. The summed E-state index contributed by atoms with van der Waals surface area (Å²) in [7, 11) is 0. The molecule has 2 heterocycles. The van der Waals surface area contributed by atoms with Crippen LogP contribution >= 0.6 is 34.8 Å². The summed E-state index contributed by atoms with van der Waals surface area (Å²) in [6, 6.07) is -0.798. The fourth-order valence-electron chi connectivity index (χ4n) is 11.5. The van der Waals surface area contributed by atoms with E-state index in [0.717, 1.165) is 6.42 Å². The van der Waals surface area contributed by atoms with E-state index in [4.69, 9.17) is 44.3 Å². The minimum atomic E-state index is -1.11. The van der Waals surface area contributed by atoms with Crippen molar-refractivity contribution in [3.63, 3.8) is 0 Å². The lowest BCUT2D eigenvalue weighted by atomic mass is 9.51. The number of halogens is 3. The highest BCUT2D eigenvalue weighted by Crippen LogP contribution is 2.61. The lowest BCUT2D eigenvalue weighted by Gasteiger charge is -2.55. The number of aliphatic hydroxyl groups excluding tert-OH is 2. The van der Waals surface area contributed by atoms with Gasteiger partial charge in [0.25, 0.3) is 5.91 Å². The Morgan fingerprint density at radius 1 is 1.05 bits per heavy atom. The Morgan fingerprint density at radius 3 is 2.43 bits per heavy atom. The second kappa shape index (κ2) is 16.3. The molecule has 0 radical (unpaired) electrons. The van der Waals surface area contributed by atoms with Crippen molar-refractivity contribution in [2.45, 2.75) is 110 Å². The van der Waals surface area contributed by atoms with Crippen LogP contribution < -0.4 is 5.32 Å².